The first-order valence-corrected chi connectivity index (χ1v) is 4.73. The molecule has 4 heteroatoms. The van der Waals surface area contributed by atoms with Crippen LogP contribution in [0.5, 0.6) is 0 Å². The Morgan fingerprint density at radius 2 is 2.14 bits per heavy atom. The molecule has 0 saturated carbocycles. The Balaban J connectivity index is 2.95. The summed E-state index contributed by atoms with van der Waals surface area (Å²) in [5.74, 6) is -1.02. The molecule has 2 N–H and O–H groups in total. The summed E-state index contributed by atoms with van der Waals surface area (Å²) >= 11 is 5.55. The van der Waals surface area contributed by atoms with Crippen molar-refractivity contribution in [2.24, 2.45) is 11.7 Å². The Labute approximate surface area is 86.9 Å². The van der Waals surface area contributed by atoms with Crippen molar-refractivity contribution in [3.63, 3.8) is 0 Å². The third-order valence-electron chi connectivity index (χ3n) is 2.13. The first-order chi connectivity index (χ1) is 6.56. The van der Waals surface area contributed by atoms with E-state index in [2.05, 4.69) is 0 Å². The summed E-state index contributed by atoms with van der Waals surface area (Å²) in [4.78, 5) is 0. The van der Waals surface area contributed by atoms with Crippen molar-refractivity contribution in [2.45, 2.75) is 13.1 Å². The van der Waals surface area contributed by atoms with Gasteiger partial charge >= 0.3 is 0 Å². The van der Waals surface area contributed by atoms with Crippen LogP contribution in [0.25, 0.3) is 0 Å². The Bertz CT molecular complexity index is 317. The molecule has 78 valence electrons. The lowest BCUT2D eigenvalue weighted by atomic mass is 9.98. The Hall–Kier alpha value is -0.670. The predicted octanol–water partition coefficient (Wildman–Crippen LogP) is 3.08. The second kappa shape index (κ2) is 4.71. The van der Waals surface area contributed by atoms with Gasteiger partial charge in [-0.25, -0.2) is 8.78 Å². The molecule has 1 aromatic carbocycles. The predicted molar refractivity (Wildman–Crippen MR) is 53.5 cm³/mol. The van der Waals surface area contributed by atoms with Gasteiger partial charge in [0.2, 0.25) is 0 Å². The summed E-state index contributed by atoms with van der Waals surface area (Å²) in [7, 11) is 0. The molecule has 0 aromatic heterocycles. The van der Waals surface area contributed by atoms with Crippen LogP contribution in [0.15, 0.2) is 18.2 Å². The molecule has 1 nitrogen and oxygen atoms in total. The Kier molecular flexibility index (Phi) is 3.84. The first-order valence-electron chi connectivity index (χ1n) is 4.35. The molecular formula is C10H12ClF2N. The fourth-order valence-corrected chi connectivity index (χ4v) is 1.31. The molecule has 0 amide bonds. The molecule has 0 aliphatic rings. The van der Waals surface area contributed by atoms with E-state index in [1.807, 2.05) is 0 Å². The van der Waals surface area contributed by atoms with Crippen LogP contribution in [0.2, 0.25) is 5.02 Å². The second-order valence-electron chi connectivity index (χ2n) is 3.28. The molecule has 2 unspecified atom stereocenters. The lowest BCUT2D eigenvalue weighted by Crippen LogP contribution is -2.17. The van der Waals surface area contributed by atoms with Gasteiger partial charge in [-0.2, -0.15) is 0 Å². The quantitative estimate of drug-likeness (QED) is 0.831. The fraction of sp³-hybridized carbons (Fsp3) is 0.400. The zero-order valence-corrected chi connectivity index (χ0v) is 8.56. The average Bonchev–Trinajstić information content (AvgIpc) is 2.15. The van der Waals surface area contributed by atoms with E-state index in [9.17, 15) is 8.78 Å². The summed E-state index contributed by atoms with van der Waals surface area (Å²) in [6, 6.07) is 3.93. The number of rotatable bonds is 3. The second-order valence-corrected chi connectivity index (χ2v) is 3.72. The van der Waals surface area contributed by atoms with Crippen LogP contribution >= 0.6 is 11.6 Å². The Morgan fingerprint density at radius 3 is 2.64 bits per heavy atom. The molecular weight excluding hydrogens is 208 g/mol. The number of halogens is 3. The normalized spacial score (nSPS) is 15.2. The summed E-state index contributed by atoms with van der Waals surface area (Å²) in [6.45, 7) is 1.82. The highest BCUT2D eigenvalue weighted by atomic mass is 35.5. The van der Waals surface area contributed by atoms with Crippen molar-refractivity contribution < 1.29 is 8.78 Å². The highest BCUT2D eigenvalue weighted by Crippen LogP contribution is 2.28. The van der Waals surface area contributed by atoms with Crippen molar-refractivity contribution >= 4 is 11.6 Å². The van der Waals surface area contributed by atoms with Gasteiger partial charge in [0.05, 0.1) is 0 Å². The number of nitrogens with two attached hydrogens (primary N) is 1. The summed E-state index contributed by atoms with van der Waals surface area (Å²) in [5.41, 5.74) is 5.32. The maximum absolute atomic E-state index is 13.6. The average molecular weight is 220 g/mol. The standard InChI is InChI=1S/C10H12ClF2N/c1-6(5-14)10(13)8-3-2-7(11)4-9(8)12/h2-4,6,10H,5,14H2,1H3. The van der Waals surface area contributed by atoms with E-state index in [0.717, 1.165) is 6.07 Å². The minimum absolute atomic E-state index is 0.0207. The zero-order chi connectivity index (χ0) is 10.7. The van der Waals surface area contributed by atoms with E-state index in [4.69, 9.17) is 17.3 Å². The fourth-order valence-electron chi connectivity index (χ4n) is 1.15. The maximum atomic E-state index is 13.6. The van der Waals surface area contributed by atoms with Crippen molar-refractivity contribution in [1.29, 1.82) is 0 Å². The van der Waals surface area contributed by atoms with E-state index in [1.165, 1.54) is 12.1 Å². The summed E-state index contributed by atoms with van der Waals surface area (Å²) in [5, 5.41) is 0.263. The van der Waals surface area contributed by atoms with Gasteiger partial charge in [0, 0.05) is 16.5 Å². The summed E-state index contributed by atoms with van der Waals surface area (Å²) in [6.07, 6.45) is -1.38. The topological polar surface area (TPSA) is 26.0 Å². The van der Waals surface area contributed by atoms with Crippen LogP contribution in [0.3, 0.4) is 0 Å². The van der Waals surface area contributed by atoms with Crippen molar-refractivity contribution in [3.05, 3.63) is 34.6 Å². The van der Waals surface area contributed by atoms with E-state index in [0.29, 0.717) is 0 Å². The lowest BCUT2D eigenvalue weighted by Gasteiger charge is -2.15. The number of hydrogen-bond donors (Lipinski definition) is 1. The molecule has 0 fully saturated rings. The molecule has 0 spiro atoms. The third-order valence-corrected chi connectivity index (χ3v) is 2.37. The van der Waals surface area contributed by atoms with Gasteiger partial charge in [-0.05, 0) is 18.7 Å². The lowest BCUT2D eigenvalue weighted by molar-refractivity contribution is 0.245. The third kappa shape index (κ3) is 2.42. The van der Waals surface area contributed by atoms with Gasteiger partial charge in [-0.15, -0.1) is 0 Å². The molecule has 0 bridgehead atoms. The van der Waals surface area contributed by atoms with E-state index in [-0.39, 0.29) is 17.1 Å². The molecule has 0 radical (unpaired) electrons. The van der Waals surface area contributed by atoms with Gasteiger partial charge in [-0.3, -0.25) is 0 Å². The molecule has 2 atom stereocenters. The van der Waals surface area contributed by atoms with Crippen LogP contribution in [-0.4, -0.2) is 6.54 Å². The number of hydrogen-bond acceptors (Lipinski definition) is 1. The van der Waals surface area contributed by atoms with Crippen molar-refractivity contribution in [3.8, 4) is 0 Å². The SMILES string of the molecule is CC(CN)C(F)c1ccc(Cl)cc1F. The van der Waals surface area contributed by atoms with Gasteiger partial charge in [0.15, 0.2) is 0 Å². The van der Waals surface area contributed by atoms with Crippen molar-refractivity contribution in [1.82, 2.24) is 0 Å². The number of benzene rings is 1. The van der Waals surface area contributed by atoms with E-state index < -0.39 is 17.9 Å². The van der Waals surface area contributed by atoms with Gasteiger partial charge < -0.3 is 5.73 Å². The Morgan fingerprint density at radius 1 is 1.50 bits per heavy atom. The molecule has 0 saturated heterocycles. The highest BCUT2D eigenvalue weighted by Gasteiger charge is 2.20. The van der Waals surface area contributed by atoms with Crippen LogP contribution in [0.1, 0.15) is 18.7 Å². The van der Waals surface area contributed by atoms with E-state index in [1.54, 1.807) is 6.92 Å². The zero-order valence-electron chi connectivity index (χ0n) is 7.81. The molecule has 1 aromatic rings. The van der Waals surface area contributed by atoms with Gasteiger partial charge in [-0.1, -0.05) is 24.6 Å². The minimum atomic E-state index is -1.38. The monoisotopic (exact) mass is 219 g/mol. The van der Waals surface area contributed by atoms with Gasteiger partial charge in [0.25, 0.3) is 0 Å². The molecule has 1 rings (SSSR count). The van der Waals surface area contributed by atoms with Crippen LogP contribution < -0.4 is 5.73 Å². The van der Waals surface area contributed by atoms with Gasteiger partial charge in [0.1, 0.15) is 12.0 Å². The van der Waals surface area contributed by atoms with Crippen LogP contribution in [-0.2, 0) is 0 Å². The molecule has 0 aliphatic carbocycles. The van der Waals surface area contributed by atoms with Crippen LogP contribution in [0.4, 0.5) is 8.78 Å². The molecule has 14 heavy (non-hydrogen) atoms. The number of alkyl halides is 1. The van der Waals surface area contributed by atoms with Crippen LogP contribution in [0, 0.1) is 11.7 Å². The molecule has 0 heterocycles. The highest BCUT2D eigenvalue weighted by molar-refractivity contribution is 6.30. The minimum Gasteiger partial charge on any atom is -0.330 e. The smallest absolute Gasteiger partial charge is 0.132 e. The largest absolute Gasteiger partial charge is 0.330 e. The first kappa shape index (κ1) is 11.4. The van der Waals surface area contributed by atoms with E-state index >= 15 is 0 Å². The maximum Gasteiger partial charge on any atom is 0.132 e. The molecule has 0 aliphatic heterocycles. The summed E-state index contributed by atoms with van der Waals surface area (Å²) < 4.78 is 26.8. The van der Waals surface area contributed by atoms with Crippen molar-refractivity contribution in [2.75, 3.05) is 6.54 Å².